The van der Waals surface area contributed by atoms with Gasteiger partial charge in [-0.2, -0.15) is 0 Å². The summed E-state index contributed by atoms with van der Waals surface area (Å²) in [6.07, 6.45) is 11.3. The van der Waals surface area contributed by atoms with Gasteiger partial charge in [0.1, 0.15) is 0 Å². The Morgan fingerprint density at radius 3 is 2.77 bits per heavy atom. The standard InChI is InChI=1S/C19H23N5OS/c1-2-23(15-5-3-4-6-15)17(25)13-26-19-22-21-18(24(19)16-7-8-16)14-9-11-20-12-10-14/h5,9-12,16H,2-4,6-8,13H2,1H3. The predicted octanol–water partition coefficient (Wildman–Crippen LogP) is 3.68. The van der Waals surface area contributed by atoms with E-state index < -0.39 is 0 Å². The second-order valence-electron chi connectivity index (χ2n) is 6.66. The number of thioether (sulfide) groups is 1. The van der Waals surface area contributed by atoms with Gasteiger partial charge < -0.3 is 4.90 Å². The number of nitrogens with zero attached hydrogens (tertiary/aromatic N) is 5. The number of aromatic nitrogens is 4. The van der Waals surface area contributed by atoms with Crippen LogP contribution in [-0.4, -0.2) is 42.9 Å². The van der Waals surface area contributed by atoms with Gasteiger partial charge in [-0.05, 0) is 51.2 Å². The summed E-state index contributed by atoms with van der Waals surface area (Å²) in [7, 11) is 0. The monoisotopic (exact) mass is 369 g/mol. The summed E-state index contributed by atoms with van der Waals surface area (Å²) in [5.41, 5.74) is 2.20. The first-order chi connectivity index (χ1) is 12.8. The number of rotatable bonds is 7. The second-order valence-corrected chi connectivity index (χ2v) is 7.60. The molecule has 0 saturated heterocycles. The summed E-state index contributed by atoms with van der Waals surface area (Å²) in [6, 6.07) is 4.35. The van der Waals surface area contributed by atoms with E-state index >= 15 is 0 Å². The molecule has 2 aromatic heterocycles. The molecule has 0 bridgehead atoms. The van der Waals surface area contributed by atoms with Crippen LogP contribution in [0.25, 0.3) is 11.4 Å². The molecule has 1 fully saturated rings. The Morgan fingerprint density at radius 1 is 1.31 bits per heavy atom. The van der Waals surface area contributed by atoms with E-state index in [9.17, 15) is 4.79 Å². The maximum absolute atomic E-state index is 12.7. The Bertz CT molecular complexity index is 813. The molecule has 2 aromatic rings. The lowest BCUT2D eigenvalue weighted by molar-refractivity contribution is -0.126. The van der Waals surface area contributed by atoms with Crippen molar-refractivity contribution in [3.05, 3.63) is 36.3 Å². The molecule has 4 rings (SSSR count). The minimum Gasteiger partial charge on any atom is -0.316 e. The van der Waals surface area contributed by atoms with Crippen LogP contribution in [0.15, 0.2) is 41.5 Å². The first-order valence-electron chi connectivity index (χ1n) is 9.25. The van der Waals surface area contributed by atoms with Gasteiger partial charge in [0.15, 0.2) is 11.0 Å². The van der Waals surface area contributed by atoms with E-state index in [1.54, 1.807) is 12.4 Å². The van der Waals surface area contributed by atoms with Crippen molar-refractivity contribution in [3.8, 4) is 11.4 Å². The molecule has 1 saturated carbocycles. The number of carbonyl (C=O) groups is 1. The lowest BCUT2D eigenvalue weighted by Crippen LogP contribution is -2.31. The fourth-order valence-corrected chi connectivity index (χ4v) is 4.26. The summed E-state index contributed by atoms with van der Waals surface area (Å²) >= 11 is 1.50. The molecule has 6 nitrogen and oxygen atoms in total. The molecule has 2 aliphatic rings. The Morgan fingerprint density at radius 2 is 2.12 bits per heavy atom. The molecule has 1 amide bonds. The quantitative estimate of drug-likeness (QED) is 0.697. The number of hydrogen-bond acceptors (Lipinski definition) is 5. The van der Waals surface area contributed by atoms with Gasteiger partial charge in [-0.15, -0.1) is 10.2 Å². The predicted molar refractivity (Wildman–Crippen MR) is 102 cm³/mol. The lowest BCUT2D eigenvalue weighted by atomic mass is 10.2. The van der Waals surface area contributed by atoms with Crippen LogP contribution in [0.4, 0.5) is 0 Å². The highest BCUT2D eigenvalue weighted by molar-refractivity contribution is 7.99. The zero-order valence-electron chi connectivity index (χ0n) is 15.0. The van der Waals surface area contributed by atoms with Gasteiger partial charge in [-0.1, -0.05) is 17.8 Å². The van der Waals surface area contributed by atoms with Gasteiger partial charge in [0.05, 0.1) is 5.75 Å². The molecule has 0 N–H and O–H groups in total. The van der Waals surface area contributed by atoms with Crippen LogP contribution in [0, 0.1) is 0 Å². The van der Waals surface area contributed by atoms with Crippen molar-refractivity contribution in [1.82, 2.24) is 24.6 Å². The van der Waals surface area contributed by atoms with E-state index in [4.69, 9.17) is 0 Å². The SMILES string of the molecule is CCN(C(=O)CSc1nnc(-c2ccncc2)n1C1CC1)C1=CCCC1. The normalized spacial score (nSPS) is 16.6. The van der Waals surface area contributed by atoms with Gasteiger partial charge in [0, 0.05) is 36.2 Å². The van der Waals surface area contributed by atoms with E-state index in [1.165, 1.54) is 17.5 Å². The zero-order valence-corrected chi connectivity index (χ0v) is 15.8. The van der Waals surface area contributed by atoms with E-state index in [-0.39, 0.29) is 5.91 Å². The van der Waals surface area contributed by atoms with Crippen LogP contribution < -0.4 is 0 Å². The number of pyridine rings is 1. The van der Waals surface area contributed by atoms with Gasteiger partial charge in [-0.3, -0.25) is 14.3 Å². The molecule has 0 radical (unpaired) electrons. The van der Waals surface area contributed by atoms with Crippen LogP contribution in [0.2, 0.25) is 0 Å². The van der Waals surface area contributed by atoms with Crippen LogP contribution in [0.3, 0.4) is 0 Å². The van der Waals surface area contributed by atoms with Crippen LogP contribution in [0.5, 0.6) is 0 Å². The van der Waals surface area contributed by atoms with E-state index in [0.717, 1.165) is 55.2 Å². The Hall–Kier alpha value is -2.15. The van der Waals surface area contributed by atoms with E-state index in [2.05, 4.69) is 25.8 Å². The van der Waals surface area contributed by atoms with Crippen molar-refractivity contribution in [1.29, 1.82) is 0 Å². The molecule has 0 spiro atoms. The summed E-state index contributed by atoms with van der Waals surface area (Å²) in [5.74, 6) is 1.42. The molecular formula is C19H23N5OS. The molecule has 0 aliphatic heterocycles. The largest absolute Gasteiger partial charge is 0.316 e. The highest BCUT2D eigenvalue weighted by atomic mass is 32.2. The Kier molecular flexibility index (Phi) is 5.06. The first-order valence-corrected chi connectivity index (χ1v) is 10.2. The number of allylic oxidation sites excluding steroid dienone is 2. The molecule has 2 heterocycles. The maximum Gasteiger partial charge on any atom is 0.237 e. The lowest BCUT2D eigenvalue weighted by Gasteiger charge is -2.22. The van der Waals surface area contributed by atoms with Crippen LogP contribution >= 0.6 is 11.8 Å². The van der Waals surface area contributed by atoms with Gasteiger partial charge >= 0.3 is 0 Å². The molecule has 26 heavy (non-hydrogen) atoms. The number of amides is 1. The highest BCUT2D eigenvalue weighted by Gasteiger charge is 2.30. The minimum absolute atomic E-state index is 0.154. The third-order valence-corrected chi connectivity index (χ3v) is 5.75. The third kappa shape index (κ3) is 3.53. The van der Waals surface area contributed by atoms with Gasteiger partial charge in [-0.25, -0.2) is 0 Å². The van der Waals surface area contributed by atoms with Crippen molar-refractivity contribution in [3.63, 3.8) is 0 Å². The van der Waals surface area contributed by atoms with E-state index in [0.29, 0.717) is 11.8 Å². The average molecular weight is 369 g/mol. The Balaban J connectivity index is 1.50. The zero-order chi connectivity index (χ0) is 17.9. The second kappa shape index (κ2) is 7.61. The molecule has 7 heteroatoms. The van der Waals surface area contributed by atoms with E-state index in [1.807, 2.05) is 24.0 Å². The van der Waals surface area contributed by atoms with Crippen molar-refractivity contribution in [2.75, 3.05) is 12.3 Å². The van der Waals surface area contributed by atoms with Crippen LogP contribution in [0.1, 0.15) is 45.1 Å². The third-order valence-electron chi connectivity index (χ3n) is 4.82. The fourth-order valence-electron chi connectivity index (χ4n) is 3.38. The summed E-state index contributed by atoms with van der Waals surface area (Å²) in [4.78, 5) is 18.7. The summed E-state index contributed by atoms with van der Waals surface area (Å²) < 4.78 is 2.19. The van der Waals surface area contributed by atoms with Crippen molar-refractivity contribution in [2.24, 2.45) is 0 Å². The van der Waals surface area contributed by atoms with Crippen molar-refractivity contribution < 1.29 is 4.79 Å². The van der Waals surface area contributed by atoms with Crippen LogP contribution in [-0.2, 0) is 4.79 Å². The smallest absolute Gasteiger partial charge is 0.237 e. The molecule has 0 atom stereocenters. The molecule has 0 unspecified atom stereocenters. The molecule has 136 valence electrons. The molecule has 2 aliphatic carbocycles. The highest BCUT2D eigenvalue weighted by Crippen LogP contribution is 2.41. The fraction of sp³-hybridized carbons (Fsp3) is 0.474. The number of hydrogen-bond donors (Lipinski definition) is 0. The number of carbonyl (C=O) groups excluding carboxylic acids is 1. The minimum atomic E-state index is 0.154. The molecule has 0 aromatic carbocycles. The topological polar surface area (TPSA) is 63.9 Å². The van der Waals surface area contributed by atoms with Gasteiger partial charge in [0.2, 0.25) is 5.91 Å². The van der Waals surface area contributed by atoms with Crippen molar-refractivity contribution in [2.45, 2.75) is 50.2 Å². The molecular weight excluding hydrogens is 346 g/mol. The maximum atomic E-state index is 12.7. The first kappa shape index (κ1) is 17.3. The van der Waals surface area contributed by atoms with Gasteiger partial charge in [0.25, 0.3) is 0 Å². The Labute approximate surface area is 157 Å². The summed E-state index contributed by atoms with van der Waals surface area (Å²) in [5, 5.41) is 9.61. The van der Waals surface area contributed by atoms with Crippen molar-refractivity contribution >= 4 is 17.7 Å². The summed E-state index contributed by atoms with van der Waals surface area (Å²) in [6.45, 7) is 2.76. The average Bonchev–Trinajstić information content (AvgIpc) is 3.19.